The van der Waals surface area contributed by atoms with Crippen molar-refractivity contribution in [1.29, 1.82) is 0 Å². The van der Waals surface area contributed by atoms with Gasteiger partial charge in [-0.05, 0) is 20.5 Å². The van der Waals surface area contributed by atoms with Crippen LogP contribution in [-0.2, 0) is 11.8 Å². The molecule has 6 heteroatoms. The van der Waals surface area contributed by atoms with Crippen molar-refractivity contribution in [2.24, 2.45) is 7.05 Å². The van der Waals surface area contributed by atoms with Crippen LogP contribution in [0, 0.1) is 0 Å². The van der Waals surface area contributed by atoms with Gasteiger partial charge < -0.3 is 15.1 Å². The smallest absolute Gasteiger partial charge is 0.243 e. The van der Waals surface area contributed by atoms with Crippen molar-refractivity contribution in [3.05, 3.63) is 24.4 Å². The lowest BCUT2D eigenvalue weighted by molar-refractivity contribution is -0.117. The van der Waals surface area contributed by atoms with Crippen molar-refractivity contribution in [3.63, 3.8) is 0 Å². The number of likely N-dealkylation sites (N-methyl/N-ethyl adjacent to an activating group) is 1. The van der Waals surface area contributed by atoms with Gasteiger partial charge in [0.05, 0.1) is 0 Å². The van der Waals surface area contributed by atoms with Gasteiger partial charge >= 0.3 is 0 Å². The molecule has 1 atom stereocenters. The SMILES string of the molecule is CN(C)C/C=C/C(=O)NC1CCN(c2ccn(C)n2)C1. The Bertz CT molecular complexity index is 480. The third kappa shape index (κ3) is 4.09. The number of carbonyl (C=O) groups is 1. The summed E-state index contributed by atoms with van der Waals surface area (Å²) >= 11 is 0. The van der Waals surface area contributed by atoms with E-state index in [0.717, 1.165) is 31.9 Å². The number of carbonyl (C=O) groups excluding carboxylic acids is 1. The van der Waals surface area contributed by atoms with Crippen LogP contribution in [0.1, 0.15) is 6.42 Å². The zero-order chi connectivity index (χ0) is 14.5. The molecule has 1 unspecified atom stereocenters. The van der Waals surface area contributed by atoms with Gasteiger partial charge in [0, 0.05) is 51.1 Å². The lowest BCUT2D eigenvalue weighted by Crippen LogP contribution is -2.36. The predicted octanol–water partition coefficient (Wildman–Crippen LogP) is 0.233. The van der Waals surface area contributed by atoms with Crippen molar-refractivity contribution in [2.75, 3.05) is 38.6 Å². The van der Waals surface area contributed by atoms with E-state index in [0.29, 0.717) is 0 Å². The van der Waals surface area contributed by atoms with E-state index in [1.165, 1.54) is 0 Å². The molecule has 1 fully saturated rings. The monoisotopic (exact) mass is 277 g/mol. The lowest BCUT2D eigenvalue weighted by Gasteiger charge is -2.15. The summed E-state index contributed by atoms with van der Waals surface area (Å²) in [5.74, 6) is 0.965. The van der Waals surface area contributed by atoms with Crippen LogP contribution in [0.4, 0.5) is 5.82 Å². The second-order valence-corrected chi connectivity index (χ2v) is 5.45. The Kier molecular flexibility index (Phi) is 4.79. The van der Waals surface area contributed by atoms with Crippen LogP contribution in [0.3, 0.4) is 0 Å². The van der Waals surface area contributed by atoms with Gasteiger partial charge in [-0.25, -0.2) is 0 Å². The molecule has 1 N–H and O–H groups in total. The largest absolute Gasteiger partial charge is 0.353 e. The molecule has 0 aromatic carbocycles. The molecule has 0 saturated carbocycles. The van der Waals surface area contributed by atoms with Crippen LogP contribution in [0.2, 0.25) is 0 Å². The topological polar surface area (TPSA) is 53.4 Å². The van der Waals surface area contributed by atoms with Crippen LogP contribution in [0.25, 0.3) is 0 Å². The molecule has 110 valence electrons. The first kappa shape index (κ1) is 14.6. The maximum absolute atomic E-state index is 11.8. The molecule has 0 aliphatic carbocycles. The molecule has 0 radical (unpaired) electrons. The number of aryl methyl sites for hydroxylation is 1. The van der Waals surface area contributed by atoms with Crippen LogP contribution >= 0.6 is 0 Å². The Morgan fingerprint density at radius 2 is 2.40 bits per heavy atom. The summed E-state index contributed by atoms with van der Waals surface area (Å²) in [7, 11) is 5.86. The van der Waals surface area contributed by atoms with Gasteiger partial charge in [-0.1, -0.05) is 6.08 Å². The van der Waals surface area contributed by atoms with Gasteiger partial charge in [0.15, 0.2) is 5.82 Å². The molecule has 1 aromatic heterocycles. The van der Waals surface area contributed by atoms with E-state index in [1.807, 2.05) is 44.4 Å². The maximum Gasteiger partial charge on any atom is 0.243 e. The van der Waals surface area contributed by atoms with Crippen LogP contribution in [0.15, 0.2) is 24.4 Å². The number of hydrogen-bond acceptors (Lipinski definition) is 4. The highest BCUT2D eigenvalue weighted by molar-refractivity contribution is 5.87. The van der Waals surface area contributed by atoms with Crippen molar-refractivity contribution in [1.82, 2.24) is 20.0 Å². The third-order valence-electron chi connectivity index (χ3n) is 3.30. The maximum atomic E-state index is 11.8. The van der Waals surface area contributed by atoms with E-state index in [4.69, 9.17) is 0 Å². The van der Waals surface area contributed by atoms with Gasteiger partial charge in [0.25, 0.3) is 0 Å². The molecule has 1 aromatic rings. The number of anilines is 1. The van der Waals surface area contributed by atoms with Crippen LogP contribution < -0.4 is 10.2 Å². The highest BCUT2D eigenvalue weighted by atomic mass is 16.1. The Balaban J connectivity index is 1.78. The van der Waals surface area contributed by atoms with Crippen LogP contribution in [-0.4, -0.2) is 60.4 Å². The van der Waals surface area contributed by atoms with E-state index in [-0.39, 0.29) is 11.9 Å². The normalized spacial score (nSPS) is 19.2. The molecule has 1 amide bonds. The van der Waals surface area contributed by atoms with E-state index >= 15 is 0 Å². The van der Waals surface area contributed by atoms with Gasteiger partial charge in [0.1, 0.15) is 0 Å². The lowest BCUT2D eigenvalue weighted by atomic mass is 10.2. The van der Waals surface area contributed by atoms with Crippen LogP contribution in [0.5, 0.6) is 0 Å². The Hall–Kier alpha value is -1.82. The second kappa shape index (κ2) is 6.56. The van der Waals surface area contributed by atoms with E-state index in [2.05, 4.69) is 15.3 Å². The van der Waals surface area contributed by atoms with Gasteiger partial charge in [-0.2, -0.15) is 5.10 Å². The van der Waals surface area contributed by atoms with E-state index in [1.54, 1.807) is 10.8 Å². The van der Waals surface area contributed by atoms with Crippen molar-refractivity contribution in [2.45, 2.75) is 12.5 Å². The molecule has 20 heavy (non-hydrogen) atoms. The molecular formula is C14H23N5O. The minimum Gasteiger partial charge on any atom is -0.353 e. The summed E-state index contributed by atoms with van der Waals surface area (Å²) in [6, 6.07) is 2.20. The Morgan fingerprint density at radius 3 is 3.05 bits per heavy atom. The zero-order valence-electron chi connectivity index (χ0n) is 12.4. The molecule has 2 heterocycles. The zero-order valence-corrected chi connectivity index (χ0v) is 12.4. The summed E-state index contributed by atoms with van der Waals surface area (Å²) in [4.78, 5) is 16.0. The fourth-order valence-corrected chi connectivity index (χ4v) is 2.28. The van der Waals surface area contributed by atoms with E-state index < -0.39 is 0 Å². The minimum absolute atomic E-state index is 0.0141. The highest BCUT2D eigenvalue weighted by Crippen LogP contribution is 2.17. The number of nitrogens with one attached hydrogen (secondary N) is 1. The van der Waals surface area contributed by atoms with E-state index in [9.17, 15) is 4.79 Å². The second-order valence-electron chi connectivity index (χ2n) is 5.45. The Morgan fingerprint density at radius 1 is 1.60 bits per heavy atom. The molecule has 6 nitrogen and oxygen atoms in total. The van der Waals surface area contributed by atoms with Gasteiger partial charge in [-0.15, -0.1) is 0 Å². The summed E-state index contributed by atoms with van der Waals surface area (Å²) in [5, 5.41) is 7.42. The summed E-state index contributed by atoms with van der Waals surface area (Å²) in [6.45, 7) is 2.53. The molecule has 1 aliphatic heterocycles. The minimum atomic E-state index is -0.0141. The number of rotatable bonds is 5. The van der Waals surface area contributed by atoms with Crippen molar-refractivity contribution in [3.8, 4) is 0 Å². The molecule has 2 rings (SSSR count). The number of aromatic nitrogens is 2. The average Bonchev–Trinajstić information content (AvgIpc) is 2.97. The van der Waals surface area contributed by atoms with Crippen molar-refractivity contribution >= 4 is 11.7 Å². The fraction of sp³-hybridized carbons (Fsp3) is 0.571. The number of hydrogen-bond donors (Lipinski definition) is 1. The molecule has 0 spiro atoms. The standard InChI is InChI=1S/C14H23N5O/c1-17(2)8-4-5-14(20)15-12-6-10-19(11-12)13-7-9-18(3)16-13/h4-5,7,9,12H,6,8,10-11H2,1-3H3,(H,15,20)/b5-4+. The average molecular weight is 277 g/mol. The van der Waals surface area contributed by atoms with Gasteiger partial charge in [0.2, 0.25) is 5.91 Å². The molecule has 1 aliphatic rings. The number of nitrogens with zero attached hydrogens (tertiary/aromatic N) is 4. The molecular weight excluding hydrogens is 254 g/mol. The highest BCUT2D eigenvalue weighted by Gasteiger charge is 2.24. The summed E-state index contributed by atoms with van der Waals surface area (Å²) in [6.07, 6.45) is 6.39. The fourth-order valence-electron chi connectivity index (χ4n) is 2.28. The van der Waals surface area contributed by atoms with Crippen molar-refractivity contribution < 1.29 is 4.79 Å². The van der Waals surface area contributed by atoms with Gasteiger partial charge in [-0.3, -0.25) is 9.48 Å². The predicted molar refractivity (Wildman–Crippen MR) is 79.7 cm³/mol. The third-order valence-corrected chi connectivity index (χ3v) is 3.30. The summed E-state index contributed by atoms with van der Waals surface area (Å²) < 4.78 is 1.80. The quantitative estimate of drug-likeness (QED) is 0.783. The first-order valence-electron chi connectivity index (χ1n) is 6.91. The molecule has 1 saturated heterocycles. The first-order valence-corrected chi connectivity index (χ1v) is 6.91. The summed E-state index contributed by atoms with van der Waals surface area (Å²) in [5.41, 5.74) is 0. The first-order chi connectivity index (χ1) is 9.54. The Labute approximate surface area is 120 Å². The number of amides is 1. The molecule has 0 bridgehead atoms.